The number of nitrogen functional groups attached to an aromatic ring is 1. The number of nitrogens with two attached hydrogens (primary N) is 1. The van der Waals surface area contributed by atoms with Gasteiger partial charge in [0, 0.05) is 0 Å². The van der Waals surface area contributed by atoms with E-state index in [1.54, 1.807) is 18.2 Å². The highest BCUT2D eigenvalue weighted by atomic mass is 16.5. The van der Waals surface area contributed by atoms with Crippen molar-refractivity contribution in [2.45, 2.75) is 0 Å². The van der Waals surface area contributed by atoms with Crippen molar-refractivity contribution in [3.05, 3.63) is 40.7 Å². The topological polar surface area (TPSA) is 90.2 Å². The summed E-state index contributed by atoms with van der Waals surface area (Å²) in [5.41, 5.74) is 5.03. The van der Waals surface area contributed by atoms with Crippen molar-refractivity contribution in [2.75, 3.05) is 12.8 Å². The monoisotopic (exact) mass is 233 g/mol. The highest BCUT2D eigenvalue weighted by molar-refractivity contribution is 5.41. The molecule has 1 aromatic heterocycles. The van der Waals surface area contributed by atoms with E-state index in [1.165, 1.54) is 13.2 Å². The van der Waals surface area contributed by atoms with Gasteiger partial charge in [-0.2, -0.15) is 4.98 Å². The zero-order chi connectivity index (χ0) is 12.3. The molecule has 3 N–H and O–H groups in total. The van der Waals surface area contributed by atoms with Crippen LogP contribution in [0.5, 0.6) is 17.4 Å². The molecule has 0 saturated carbocycles. The number of benzene rings is 1. The zero-order valence-corrected chi connectivity index (χ0v) is 9.14. The third-order valence-corrected chi connectivity index (χ3v) is 2.02. The molecule has 0 saturated heterocycles. The minimum atomic E-state index is -0.373. The lowest BCUT2D eigenvalue weighted by atomic mass is 10.3. The predicted octanol–water partition coefficient (Wildman–Crippen LogP) is 1.15. The molecule has 0 radical (unpaired) electrons. The van der Waals surface area contributed by atoms with Crippen molar-refractivity contribution in [2.24, 2.45) is 0 Å². The van der Waals surface area contributed by atoms with Crippen LogP contribution in [0.4, 0.5) is 5.95 Å². The van der Waals surface area contributed by atoms with E-state index in [9.17, 15) is 4.79 Å². The Balaban J connectivity index is 2.34. The molecule has 1 heterocycles. The molecule has 2 rings (SSSR count). The van der Waals surface area contributed by atoms with Crippen LogP contribution in [0.1, 0.15) is 0 Å². The van der Waals surface area contributed by atoms with Crippen LogP contribution in [0.2, 0.25) is 0 Å². The minimum Gasteiger partial charge on any atom is -0.493 e. The Morgan fingerprint density at radius 3 is 2.65 bits per heavy atom. The third-order valence-electron chi connectivity index (χ3n) is 2.02. The molecule has 2 aromatic rings. The lowest BCUT2D eigenvalue weighted by Crippen LogP contribution is -2.10. The molecule has 0 aliphatic carbocycles. The molecule has 0 spiro atoms. The van der Waals surface area contributed by atoms with Crippen LogP contribution in [-0.2, 0) is 0 Å². The minimum absolute atomic E-state index is 0.00222. The van der Waals surface area contributed by atoms with Gasteiger partial charge in [-0.1, -0.05) is 12.1 Å². The van der Waals surface area contributed by atoms with Crippen molar-refractivity contribution >= 4 is 5.95 Å². The second kappa shape index (κ2) is 4.56. The van der Waals surface area contributed by atoms with Gasteiger partial charge >= 0.3 is 0 Å². The van der Waals surface area contributed by atoms with E-state index < -0.39 is 0 Å². The zero-order valence-electron chi connectivity index (χ0n) is 9.14. The second-order valence-electron chi connectivity index (χ2n) is 3.22. The maximum Gasteiger partial charge on any atom is 0.256 e. The summed E-state index contributed by atoms with van der Waals surface area (Å²) >= 11 is 0. The summed E-state index contributed by atoms with van der Waals surface area (Å²) in [6, 6.07) is 8.26. The Hall–Kier alpha value is -2.50. The van der Waals surface area contributed by atoms with Gasteiger partial charge in [-0.15, -0.1) is 0 Å². The number of hydrogen-bond donors (Lipinski definition) is 2. The van der Waals surface area contributed by atoms with E-state index in [0.29, 0.717) is 11.5 Å². The molecule has 88 valence electrons. The van der Waals surface area contributed by atoms with Gasteiger partial charge in [-0.05, 0) is 12.1 Å². The van der Waals surface area contributed by atoms with Crippen LogP contribution in [0.25, 0.3) is 0 Å². The number of ether oxygens (including phenoxy) is 2. The van der Waals surface area contributed by atoms with Crippen LogP contribution in [0, 0.1) is 0 Å². The maximum atomic E-state index is 11.2. The van der Waals surface area contributed by atoms with E-state index in [0.717, 1.165) is 0 Å². The second-order valence-corrected chi connectivity index (χ2v) is 3.22. The van der Waals surface area contributed by atoms with E-state index in [4.69, 9.17) is 15.2 Å². The molecule has 0 fully saturated rings. The number of hydrogen-bond acceptors (Lipinski definition) is 5. The first-order valence-electron chi connectivity index (χ1n) is 4.87. The van der Waals surface area contributed by atoms with E-state index in [-0.39, 0.29) is 17.4 Å². The van der Waals surface area contributed by atoms with Crippen LogP contribution in [0.15, 0.2) is 35.1 Å². The Morgan fingerprint density at radius 2 is 2.00 bits per heavy atom. The maximum absolute atomic E-state index is 11.2. The molecule has 6 heteroatoms. The van der Waals surface area contributed by atoms with Crippen molar-refractivity contribution in [1.29, 1.82) is 0 Å². The molecule has 1 aromatic carbocycles. The Kier molecular flexibility index (Phi) is 2.95. The van der Waals surface area contributed by atoms with Gasteiger partial charge < -0.3 is 15.2 Å². The molecule has 0 atom stereocenters. The van der Waals surface area contributed by atoms with E-state index in [2.05, 4.69) is 9.97 Å². The van der Waals surface area contributed by atoms with Crippen molar-refractivity contribution in [3.63, 3.8) is 0 Å². The Labute approximate surface area is 97.0 Å². The van der Waals surface area contributed by atoms with Gasteiger partial charge in [0.1, 0.15) is 0 Å². The predicted molar refractivity (Wildman–Crippen MR) is 62.3 cm³/mol. The average Bonchev–Trinajstić information content (AvgIpc) is 2.28. The number of aromatic nitrogens is 2. The first-order valence-corrected chi connectivity index (χ1v) is 4.87. The van der Waals surface area contributed by atoms with Crippen LogP contribution >= 0.6 is 0 Å². The fraction of sp³-hybridized carbons (Fsp3) is 0.0909. The SMILES string of the molecule is COc1ccccc1Oc1cc(=O)[nH]c(N)n1. The molecule has 0 unspecified atom stereocenters. The van der Waals surface area contributed by atoms with Crippen molar-refractivity contribution in [1.82, 2.24) is 9.97 Å². The quantitative estimate of drug-likeness (QED) is 0.830. The van der Waals surface area contributed by atoms with Gasteiger partial charge in [0.05, 0.1) is 13.2 Å². The van der Waals surface area contributed by atoms with E-state index >= 15 is 0 Å². The molecular formula is C11H11N3O3. The number of methoxy groups -OCH3 is 1. The molecule has 0 bridgehead atoms. The van der Waals surface area contributed by atoms with Gasteiger partial charge in [-0.3, -0.25) is 9.78 Å². The molecule has 17 heavy (non-hydrogen) atoms. The average molecular weight is 233 g/mol. The normalized spacial score (nSPS) is 9.94. The lowest BCUT2D eigenvalue weighted by Gasteiger charge is -2.08. The number of nitrogens with zero attached hydrogens (tertiary/aromatic N) is 1. The van der Waals surface area contributed by atoms with Crippen LogP contribution in [-0.4, -0.2) is 17.1 Å². The van der Waals surface area contributed by atoms with Gasteiger partial charge in [-0.25, -0.2) is 0 Å². The number of anilines is 1. The fourth-order valence-electron chi connectivity index (χ4n) is 1.32. The standard InChI is InChI=1S/C11H11N3O3/c1-16-7-4-2-3-5-8(7)17-10-6-9(15)13-11(12)14-10/h2-6H,1H3,(H3,12,13,14,15). The first kappa shape index (κ1) is 11.0. The number of aromatic amines is 1. The van der Waals surface area contributed by atoms with Gasteiger partial charge in [0.2, 0.25) is 11.8 Å². The molecule has 0 aliphatic heterocycles. The Bertz CT molecular complexity index is 580. The highest BCUT2D eigenvalue weighted by Crippen LogP contribution is 2.29. The molecule has 0 amide bonds. The molecule has 6 nitrogen and oxygen atoms in total. The highest BCUT2D eigenvalue weighted by Gasteiger charge is 2.06. The van der Waals surface area contributed by atoms with Crippen molar-refractivity contribution in [3.8, 4) is 17.4 Å². The number of rotatable bonds is 3. The van der Waals surface area contributed by atoms with Crippen LogP contribution in [0.3, 0.4) is 0 Å². The summed E-state index contributed by atoms with van der Waals surface area (Å²) < 4.78 is 10.5. The summed E-state index contributed by atoms with van der Waals surface area (Å²) in [6.45, 7) is 0. The van der Waals surface area contributed by atoms with E-state index in [1.807, 2.05) is 6.07 Å². The first-order chi connectivity index (χ1) is 8.19. The summed E-state index contributed by atoms with van der Waals surface area (Å²) in [6.07, 6.45) is 0. The van der Waals surface area contributed by atoms with Gasteiger partial charge in [0.25, 0.3) is 5.56 Å². The largest absolute Gasteiger partial charge is 0.493 e. The van der Waals surface area contributed by atoms with Crippen LogP contribution < -0.4 is 20.8 Å². The van der Waals surface area contributed by atoms with Crippen molar-refractivity contribution < 1.29 is 9.47 Å². The summed E-state index contributed by atoms with van der Waals surface area (Å²) in [5, 5.41) is 0. The fourth-order valence-corrected chi connectivity index (χ4v) is 1.32. The Morgan fingerprint density at radius 1 is 1.29 bits per heavy atom. The smallest absolute Gasteiger partial charge is 0.256 e. The number of H-pyrrole nitrogens is 1. The third kappa shape index (κ3) is 2.54. The number of para-hydroxylation sites is 2. The number of nitrogens with one attached hydrogen (secondary N) is 1. The molecule has 0 aliphatic rings. The van der Waals surface area contributed by atoms with Gasteiger partial charge in [0.15, 0.2) is 11.5 Å². The summed E-state index contributed by atoms with van der Waals surface area (Å²) in [7, 11) is 1.53. The lowest BCUT2D eigenvalue weighted by molar-refractivity contribution is 0.374. The summed E-state index contributed by atoms with van der Waals surface area (Å²) in [4.78, 5) is 17.3. The summed E-state index contributed by atoms with van der Waals surface area (Å²) in [5.74, 6) is 1.14. The molecular weight excluding hydrogens is 222 g/mol.